The highest BCUT2D eigenvalue weighted by atomic mass is 31.2. The molecule has 0 aromatic heterocycles. The van der Waals surface area contributed by atoms with Crippen molar-refractivity contribution in [2.45, 2.75) is 262 Å². The number of hydrogen-bond donors (Lipinski definition) is 6. The largest absolute Gasteiger partial charge is 0.472 e. The van der Waals surface area contributed by atoms with Crippen LogP contribution in [-0.4, -0.2) is 98.3 Å². The lowest BCUT2D eigenvalue weighted by molar-refractivity contribution is -0.220. The third-order valence-corrected chi connectivity index (χ3v) is 12.6. The lowest BCUT2D eigenvalue weighted by Gasteiger charge is -2.41. The third-order valence-electron chi connectivity index (χ3n) is 11.6. The van der Waals surface area contributed by atoms with Crippen molar-refractivity contribution in [3.05, 3.63) is 12.2 Å². The van der Waals surface area contributed by atoms with Gasteiger partial charge in [-0.2, -0.15) is 0 Å². The molecule has 1 saturated carbocycles. The number of ether oxygens (including phenoxy) is 2. The van der Waals surface area contributed by atoms with Gasteiger partial charge in [-0.3, -0.25) is 18.6 Å². The Hall–Kier alpha value is -1.41. The number of aliphatic hydroxyl groups excluding tert-OH is 5. The molecule has 1 fully saturated rings. The van der Waals surface area contributed by atoms with E-state index in [1.165, 1.54) is 122 Å². The van der Waals surface area contributed by atoms with Crippen molar-refractivity contribution in [2.24, 2.45) is 0 Å². The van der Waals surface area contributed by atoms with E-state index in [0.717, 1.165) is 57.8 Å². The molecule has 1 aliphatic carbocycles. The second-order valence-corrected chi connectivity index (χ2v) is 18.7. The maximum atomic E-state index is 12.8. The summed E-state index contributed by atoms with van der Waals surface area (Å²) in [5.74, 6) is -1.10. The molecule has 0 amide bonds. The van der Waals surface area contributed by atoms with Crippen molar-refractivity contribution in [2.75, 3.05) is 13.2 Å². The SMILES string of the molecule is CCCCCCCCC/C=C\CCCCCCCC(=O)OC(COC(=O)CCCCCCCCCCCCCCCCCC)COP(=O)(O)OC1C(O)C(O)C(O)C(O)C1O. The van der Waals surface area contributed by atoms with Gasteiger partial charge in [0, 0.05) is 12.8 Å². The summed E-state index contributed by atoms with van der Waals surface area (Å²) in [6.07, 6.45) is 26.9. The first-order chi connectivity index (χ1) is 29.4. The summed E-state index contributed by atoms with van der Waals surface area (Å²) in [6, 6.07) is 0. The summed E-state index contributed by atoms with van der Waals surface area (Å²) in [4.78, 5) is 35.7. The molecule has 6 N–H and O–H groups in total. The van der Waals surface area contributed by atoms with Gasteiger partial charge in [0.1, 0.15) is 43.2 Å². The quantitative estimate of drug-likeness (QED) is 0.0146. The molecule has 0 aromatic carbocycles. The minimum atomic E-state index is -5.12. The zero-order valence-electron chi connectivity index (χ0n) is 38.2. The lowest BCUT2D eigenvalue weighted by Crippen LogP contribution is -2.64. The molecule has 0 heterocycles. The van der Waals surface area contributed by atoms with Crippen LogP contribution in [0.15, 0.2) is 12.2 Å². The van der Waals surface area contributed by atoms with Crippen LogP contribution in [-0.2, 0) is 32.7 Å². The maximum absolute atomic E-state index is 12.8. The standard InChI is InChI=1S/C47H89O13P/c1-3-5-7-9-11-13-15-17-19-21-23-25-27-29-31-33-35-40(48)57-37-39(38-58-61(55,56)60-47-45(53)43(51)42(50)44(52)46(47)54)59-41(49)36-34-32-30-28-26-24-22-20-18-16-14-12-10-8-6-4-2/h20,22,39,42-47,50-54H,3-19,21,23-38H2,1-2H3,(H,55,56)/b22-20-. The van der Waals surface area contributed by atoms with Crippen molar-refractivity contribution in [3.63, 3.8) is 0 Å². The first-order valence-electron chi connectivity index (χ1n) is 24.5. The first-order valence-corrected chi connectivity index (χ1v) is 26.0. The summed E-state index contributed by atoms with van der Waals surface area (Å²) < 4.78 is 33.6. The summed E-state index contributed by atoms with van der Waals surface area (Å²) in [5, 5.41) is 50.2. The van der Waals surface area contributed by atoms with E-state index in [9.17, 15) is 44.6 Å². The highest BCUT2D eigenvalue weighted by molar-refractivity contribution is 7.47. The van der Waals surface area contributed by atoms with Crippen molar-refractivity contribution < 1.29 is 63.1 Å². The number of hydrogen-bond acceptors (Lipinski definition) is 12. The Labute approximate surface area is 369 Å². The summed E-state index contributed by atoms with van der Waals surface area (Å²) in [7, 11) is -5.12. The second-order valence-electron chi connectivity index (χ2n) is 17.3. The van der Waals surface area contributed by atoms with Gasteiger partial charge in [0.15, 0.2) is 6.10 Å². The van der Waals surface area contributed by atoms with E-state index in [1.807, 2.05) is 0 Å². The number of carbonyl (C=O) groups is 2. The van der Waals surface area contributed by atoms with E-state index in [0.29, 0.717) is 12.8 Å². The Morgan fingerprint density at radius 2 is 0.836 bits per heavy atom. The predicted molar refractivity (Wildman–Crippen MR) is 240 cm³/mol. The molecule has 0 spiro atoms. The Kier molecular flexibility index (Phi) is 35.8. The number of phosphoric ester groups is 1. The van der Waals surface area contributed by atoms with Crippen molar-refractivity contribution in [1.29, 1.82) is 0 Å². The van der Waals surface area contributed by atoms with Gasteiger partial charge in [-0.1, -0.05) is 180 Å². The van der Waals surface area contributed by atoms with Gasteiger partial charge in [0.25, 0.3) is 0 Å². The fourth-order valence-corrected chi connectivity index (χ4v) is 8.61. The fraction of sp³-hybridized carbons (Fsp3) is 0.915. The zero-order chi connectivity index (χ0) is 45.0. The van der Waals surface area contributed by atoms with Crippen LogP contribution in [0.4, 0.5) is 0 Å². The van der Waals surface area contributed by atoms with Crippen LogP contribution in [0.5, 0.6) is 0 Å². The highest BCUT2D eigenvalue weighted by Gasteiger charge is 2.51. The van der Waals surface area contributed by atoms with Gasteiger partial charge in [-0.25, -0.2) is 4.57 Å². The third kappa shape index (κ3) is 30.4. The van der Waals surface area contributed by atoms with E-state index >= 15 is 0 Å². The van der Waals surface area contributed by atoms with Crippen LogP contribution < -0.4 is 0 Å². The molecule has 0 aliphatic heterocycles. The van der Waals surface area contributed by atoms with Crippen molar-refractivity contribution in [1.82, 2.24) is 0 Å². The highest BCUT2D eigenvalue weighted by Crippen LogP contribution is 2.47. The molecular formula is C47H89O13P. The molecule has 0 saturated heterocycles. The molecule has 0 aromatic rings. The van der Waals surface area contributed by atoms with E-state index in [2.05, 4.69) is 26.0 Å². The molecule has 6 unspecified atom stereocenters. The van der Waals surface area contributed by atoms with Crippen LogP contribution in [0.3, 0.4) is 0 Å². The van der Waals surface area contributed by atoms with Crippen molar-refractivity contribution >= 4 is 19.8 Å². The number of esters is 2. The summed E-state index contributed by atoms with van der Waals surface area (Å²) in [5.41, 5.74) is 0. The molecule has 360 valence electrons. The first kappa shape index (κ1) is 57.6. The number of allylic oxidation sites excluding steroid dienone is 2. The summed E-state index contributed by atoms with van der Waals surface area (Å²) >= 11 is 0. The monoisotopic (exact) mass is 893 g/mol. The minimum Gasteiger partial charge on any atom is -0.462 e. The molecule has 61 heavy (non-hydrogen) atoms. The van der Waals surface area contributed by atoms with E-state index in [-0.39, 0.29) is 12.8 Å². The molecule has 14 heteroatoms. The van der Waals surface area contributed by atoms with Crippen LogP contribution in [0.25, 0.3) is 0 Å². The normalized spacial score (nSPS) is 22.0. The molecule has 0 radical (unpaired) electrons. The smallest absolute Gasteiger partial charge is 0.462 e. The van der Waals surface area contributed by atoms with Gasteiger partial charge in [0.05, 0.1) is 6.61 Å². The van der Waals surface area contributed by atoms with Crippen LogP contribution in [0, 0.1) is 0 Å². The molecule has 13 nitrogen and oxygen atoms in total. The number of carbonyl (C=O) groups excluding carboxylic acids is 2. The molecule has 1 aliphatic rings. The van der Waals surface area contributed by atoms with E-state index in [1.54, 1.807) is 0 Å². The number of unbranched alkanes of at least 4 members (excludes halogenated alkanes) is 27. The fourth-order valence-electron chi connectivity index (χ4n) is 7.64. The average Bonchev–Trinajstić information content (AvgIpc) is 3.24. The Morgan fingerprint density at radius 1 is 0.492 bits per heavy atom. The van der Waals surface area contributed by atoms with Gasteiger partial charge < -0.3 is 39.9 Å². The van der Waals surface area contributed by atoms with Gasteiger partial charge in [-0.15, -0.1) is 0 Å². The van der Waals surface area contributed by atoms with Crippen LogP contribution in [0.1, 0.15) is 219 Å². The second kappa shape index (κ2) is 37.9. The van der Waals surface area contributed by atoms with Gasteiger partial charge >= 0.3 is 19.8 Å². The molecular weight excluding hydrogens is 803 g/mol. The predicted octanol–water partition coefficient (Wildman–Crippen LogP) is 9.84. The lowest BCUT2D eigenvalue weighted by atomic mass is 9.85. The van der Waals surface area contributed by atoms with Gasteiger partial charge in [-0.05, 0) is 38.5 Å². The zero-order valence-corrected chi connectivity index (χ0v) is 39.1. The topological polar surface area (TPSA) is 210 Å². The van der Waals surface area contributed by atoms with E-state index in [4.69, 9.17) is 18.5 Å². The van der Waals surface area contributed by atoms with Crippen LogP contribution >= 0.6 is 7.82 Å². The summed E-state index contributed by atoms with van der Waals surface area (Å²) in [6.45, 7) is 3.32. The Balaban J connectivity index is 2.43. The molecule has 6 atom stereocenters. The van der Waals surface area contributed by atoms with E-state index < -0.39 is 75.7 Å². The van der Waals surface area contributed by atoms with Gasteiger partial charge in [0.2, 0.25) is 0 Å². The molecule has 1 rings (SSSR count). The number of phosphoric acid groups is 1. The average molecular weight is 893 g/mol. The van der Waals surface area contributed by atoms with Crippen LogP contribution in [0.2, 0.25) is 0 Å². The Morgan fingerprint density at radius 3 is 1.25 bits per heavy atom. The maximum Gasteiger partial charge on any atom is 0.472 e. The minimum absolute atomic E-state index is 0.0911. The Bertz CT molecular complexity index is 1120. The molecule has 0 bridgehead atoms. The number of aliphatic hydroxyl groups is 5. The number of rotatable bonds is 41. The van der Waals surface area contributed by atoms with Crippen molar-refractivity contribution in [3.8, 4) is 0 Å².